The molecule has 1 saturated heterocycles. The monoisotopic (exact) mass is 399 g/mol. The maximum atomic E-state index is 12.9. The molecule has 5 rings (SSSR count). The zero-order chi connectivity index (χ0) is 20.7. The van der Waals surface area contributed by atoms with Crippen molar-refractivity contribution in [3.8, 4) is 0 Å². The van der Waals surface area contributed by atoms with Crippen LogP contribution in [0.3, 0.4) is 0 Å². The molecular weight excluding hydrogens is 378 g/mol. The Morgan fingerprint density at radius 1 is 1.03 bits per heavy atom. The average Bonchev–Trinajstić information content (AvgIpc) is 3.31. The van der Waals surface area contributed by atoms with Gasteiger partial charge >= 0.3 is 0 Å². The van der Waals surface area contributed by atoms with E-state index in [4.69, 9.17) is 0 Å². The molecule has 1 aliphatic rings. The van der Waals surface area contributed by atoms with Crippen molar-refractivity contribution >= 4 is 39.1 Å². The maximum Gasteiger partial charge on any atom is 0.260 e. The van der Waals surface area contributed by atoms with Gasteiger partial charge in [0, 0.05) is 37.3 Å². The van der Waals surface area contributed by atoms with Gasteiger partial charge in [0.15, 0.2) is 0 Å². The van der Waals surface area contributed by atoms with Crippen LogP contribution in [0.1, 0.15) is 23.2 Å². The summed E-state index contributed by atoms with van der Waals surface area (Å²) in [4.78, 5) is 36.3. The molecule has 1 fully saturated rings. The molecule has 0 bridgehead atoms. The third-order valence-corrected chi connectivity index (χ3v) is 5.62. The number of anilines is 2. The summed E-state index contributed by atoms with van der Waals surface area (Å²) in [6, 6.07) is 12.8. The van der Waals surface area contributed by atoms with Crippen molar-refractivity contribution in [2.45, 2.75) is 12.8 Å². The molecule has 0 spiro atoms. The van der Waals surface area contributed by atoms with E-state index in [2.05, 4.69) is 20.2 Å². The van der Waals surface area contributed by atoms with E-state index >= 15 is 0 Å². The van der Waals surface area contributed by atoms with Gasteiger partial charge < -0.3 is 14.8 Å². The van der Waals surface area contributed by atoms with Gasteiger partial charge in [-0.2, -0.15) is 0 Å². The first-order valence-electron chi connectivity index (χ1n) is 10.0. The fourth-order valence-corrected chi connectivity index (χ4v) is 4.03. The van der Waals surface area contributed by atoms with Gasteiger partial charge in [0.25, 0.3) is 11.5 Å². The van der Waals surface area contributed by atoms with Crippen molar-refractivity contribution in [3.05, 3.63) is 70.9 Å². The van der Waals surface area contributed by atoms with Crippen LogP contribution in [0.4, 0.5) is 11.4 Å². The molecule has 1 amide bonds. The third-order valence-electron chi connectivity index (χ3n) is 5.62. The number of amides is 1. The lowest BCUT2D eigenvalue weighted by Gasteiger charge is -2.20. The molecule has 30 heavy (non-hydrogen) atoms. The van der Waals surface area contributed by atoms with Crippen LogP contribution < -0.4 is 15.8 Å². The number of benzene rings is 2. The normalized spacial score (nSPS) is 13.8. The van der Waals surface area contributed by atoms with Gasteiger partial charge in [-0.15, -0.1) is 0 Å². The van der Waals surface area contributed by atoms with Gasteiger partial charge in [-0.25, -0.2) is 4.98 Å². The Bertz CT molecular complexity index is 1340. The van der Waals surface area contributed by atoms with E-state index in [1.54, 1.807) is 31.4 Å². The average molecular weight is 399 g/mol. The highest BCUT2D eigenvalue weighted by molar-refractivity contribution is 6.11. The second kappa shape index (κ2) is 7.26. The van der Waals surface area contributed by atoms with Crippen LogP contribution in [-0.2, 0) is 7.05 Å². The molecule has 2 aromatic heterocycles. The van der Waals surface area contributed by atoms with Crippen LogP contribution in [0.15, 0.2) is 59.8 Å². The lowest BCUT2D eigenvalue weighted by Crippen LogP contribution is -2.19. The Balaban J connectivity index is 1.50. The minimum Gasteiger partial charge on any atom is -0.370 e. The summed E-state index contributed by atoms with van der Waals surface area (Å²) in [5.41, 5.74) is 3.52. The van der Waals surface area contributed by atoms with Gasteiger partial charge in [0.1, 0.15) is 0 Å². The molecule has 4 aromatic rings. The Morgan fingerprint density at radius 3 is 2.70 bits per heavy atom. The number of carbonyl (C=O) groups is 1. The molecule has 0 saturated carbocycles. The molecule has 0 atom stereocenters. The van der Waals surface area contributed by atoms with Crippen LogP contribution in [0, 0.1) is 0 Å². The SMILES string of the molecule is Cn1cnc2cc(C(=O)Nc3ccc(N4CCCC4)c4ncccc34)ccc2c1=O. The van der Waals surface area contributed by atoms with Crippen LogP contribution in [0.25, 0.3) is 21.8 Å². The van der Waals surface area contributed by atoms with Crippen molar-refractivity contribution in [1.82, 2.24) is 14.5 Å². The number of aryl methyl sites for hydroxylation is 1. The van der Waals surface area contributed by atoms with E-state index in [1.165, 1.54) is 23.7 Å². The highest BCUT2D eigenvalue weighted by Gasteiger charge is 2.18. The van der Waals surface area contributed by atoms with Crippen LogP contribution in [0.5, 0.6) is 0 Å². The summed E-state index contributed by atoms with van der Waals surface area (Å²) < 4.78 is 1.42. The molecule has 3 heterocycles. The Hall–Kier alpha value is -3.74. The lowest BCUT2D eigenvalue weighted by molar-refractivity contribution is 0.102. The topological polar surface area (TPSA) is 80.1 Å². The summed E-state index contributed by atoms with van der Waals surface area (Å²) in [7, 11) is 1.65. The Labute approximate surface area is 173 Å². The van der Waals surface area contributed by atoms with Gasteiger partial charge in [-0.05, 0) is 55.3 Å². The molecule has 150 valence electrons. The van der Waals surface area contributed by atoms with Crippen molar-refractivity contribution < 1.29 is 4.79 Å². The van der Waals surface area contributed by atoms with Gasteiger partial charge in [0.05, 0.1) is 34.1 Å². The third kappa shape index (κ3) is 3.08. The number of fused-ring (bicyclic) bond motifs is 2. The van der Waals surface area contributed by atoms with E-state index in [0.29, 0.717) is 22.2 Å². The van der Waals surface area contributed by atoms with E-state index in [9.17, 15) is 9.59 Å². The maximum absolute atomic E-state index is 12.9. The number of nitrogens with zero attached hydrogens (tertiary/aromatic N) is 4. The summed E-state index contributed by atoms with van der Waals surface area (Å²) in [6.45, 7) is 2.06. The highest BCUT2D eigenvalue weighted by Crippen LogP contribution is 2.32. The van der Waals surface area contributed by atoms with Crippen molar-refractivity contribution in [2.75, 3.05) is 23.3 Å². The molecular formula is C23H21N5O2. The fourth-order valence-electron chi connectivity index (χ4n) is 4.03. The number of pyridine rings is 1. The summed E-state index contributed by atoms with van der Waals surface area (Å²) >= 11 is 0. The van der Waals surface area contributed by atoms with E-state index in [-0.39, 0.29) is 11.5 Å². The largest absolute Gasteiger partial charge is 0.370 e. The van der Waals surface area contributed by atoms with Crippen LogP contribution >= 0.6 is 0 Å². The lowest BCUT2D eigenvalue weighted by atomic mass is 10.1. The molecule has 0 aliphatic carbocycles. The second-order valence-electron chi connectivity index (χ2n) is 7.57. The molecule has 7 nitrogen and oxygen atoms in total. The number of hydrogen-bond donors (Lipinski definition) is 1. The molecule has 1 aliphatic heterocycles. The quantitative estimate of drug-likeness (QED) is 0.572. The molecule has 7 heteroatoms. The first-order chi connectivity index (χ1) is 14.6. The van der Waals surface area contributed by atoms with E-state index < -0.39 is 0 Å². The highest BCUT2D eigenvalue weighted by atomic mass is 16.1. The molecule has 0 radical (unpaired) electrons. The molecule has 0 unspecified atom stereocenters. The summed E-state index contributed by atoms with van der Waals surface area (Å²) in [5.74, 6) is -0.251. The first kappa shape index (κ1) is 18.3. The number of rotatable bonds is 3. The summed E-state index contributed by atoms with van der Waals surface area (Å²) in [6.07, 6.45) is 5.61. The van der Waals surface area contributed by atoms with Gasteiger partial charge in [0.2, 0.25) is 0 Å². The number of hydrogen-bond acceptors (Lipinski definition) is 5. The minimum atomic E-state index is -0.251. The Kier molecular flexibility index (Phi) is 4.43. The zero-order valence-corrected chi connectivity index (χ0v) is 16.6. The van der Waals surface area contributed by atoms with Crippen molar-refractivity contribution in [3.63, 3.8) is 0 Å². The first-order valence-corrected chi connectivity index (χ1v) is 10.0. The van der Waals surface area contributed by atoms with Gasteiger partial charge in [-0.1, -0.05) is 0 Å². The van der Waals surface area contributed by atoms with E-state index in [0.717, 1.165) is 29.7 Å². The zero-order valence-electron chi connectivity index (χ0n) is 16.6. The second-order valence-corrected chi connectivity index (χ2v) is 7.57. The van der Waals surface area contributed by atoms with Crippen molar-refractivity contribution in [2.24, 2.45) is 7.05 Å². The standard InChI is InChI=1S/C23H21N5O2/c1-27-14-25-19-13-15(6-7-17(19)23(27)30)22(29)26-18-8-9-20(28-11-2-3-12-28)21-16(18)5-4-10-24-21/h4-10,13-14H,2-3,11-12H2,1H3,(H,26,29). The predicted octanol–water partition coefficient (Wildman–Crippen LogP) is 3.33. The van der Waals surface area contributed by atoms with Crippen LogP contribution in [0.2, 0.25) is 0 Å². The summed E-state index contributed by atoms with van der Waals surface area (Å²) in [5, 5.41) is 4.39. The van der Waals surface area contributed by atoms with Gasteiger partial charge in [-0.3, -0.25) is 14.6 Å². The van der Waals surface area contributed by atoms with Crippen LogP contribution in [-0.4, -0.2) is 33.5 Å². The fraction of sp³-hybridized carbons (Fsp3) is 0.217. The molecule has 2 aromatic carbocycles. The number of nitrogens with one attached hydrogen (secondary N) is 1. The smallest absolute Gasteiger partial charge is 0.260 e. The number of aromatic nitrogens is 3. The number of carbonyl (C=O) groups excluding carboxylic acids is 1. The Morgan fingerprint density at radius 2 is 1.87 bits per heavy atom. The van der Waals surface area contributed by atoms with Crippen molar-refractivity contribution in [1.29, 1.82) is 0 Å². The predicted molar refractivity (Wildman–Crippen MR) is 118 cm³/mol. The minimum absolute atomic E-state index is 0.137. The molecule has 1 N–H and O–H groups in total. The van der Waals surface area contributed by atoms with E-state index in [1.807, 2.05) is 24.3 Å².